The second-order valence-electron chi connectivity index (χ2n) is 8.46. The van der Waals surface area contributed by atoms with Crippen LogP contribution in [0.4, 0.5) is 21.3 Å². The Morgan fingerprint density at radius 2 is 1.95 bits per heavy atom. The van der Waals surface area contributed by atoms with Crippen molar-refractivity contribution < 1.29 is 9.53 Å². The maximum absolute atomic E-state index is 12.2. The van der Waals surface area contributed by atoms with Gasteiger partial charge in [0, 0.05) is 60.1 Å². The number of nitrogens with zero attached hydrogens (tertiary/aromatic N) is 5. The van der Waals surface area contributed by atoms with Crippen LogP contribution < -0.4 is 20.7 Å². The van der Waals surface area contributed by atoms with Gasteiger partial charge in [-0.1, -0.05) is 18.2 Å². The molecule has 0 radical (unpaired) electrons. The van der Waals surface area contributed by atoms with Crippen molar-refractivity contribution in [2.75, 3.05) is 49.7 Å². The summed E-state index contributed by atoms with van der Waals surface area (Å²) in [4.78, 5) is 28.4. The second-order valence-corrected chi connectivity index (χ2v) is 9.57. The number of para-hydroxylation sites is 1. The Balaban J connectivity index is 1.34. The number of carbonyl (C=O) groups is 1. The van der Waals surface area contributed by atoms with Crippen molar-refractivity contribution in [2.45, 2.75) is 12.8 Å². The molecule has 0 aliphatic carbocycles. The zero-order valence-corrected chi connectivity index (χ0v) is 21.5. The number of hydrogen-bond acceptors (Lipinski definition) is 9. The van der Waals surface area contributed by atoms with Gasteiger partial charge in [-0.25, -0.2) is 14.8 Å². The van der Waals surface area contributed by atoms with E-state index in [1.165, 1.54) is 11.3 Å². The highest BCUT2D eigenvalue weighted by molar-refractivity contribution is 7.15. The number of thiazole rings is 1. The standard InChI is InChI=1S/C26H28N8O2S/c1-34(2)11-6-12-36-23-13-22-21(17-30-23)24(18(14-27)15-29-22)28-10-9-20-16-31-26(37-20)33-25(35)32-19-7-4-3-5-8-19/h3-5,7-8,13,15-17H,6,9-12H2,1-2H3,(H,28,29)(H2,31,32,33,35). The minimum absolute atomic E-state index is 0.347. The summed E-state index contributed by atoms with van der Waals surface area (Å²) >= 11 is 1.40. The molecule has 11 heteroatoms. The number of rotatable bonds is 11. The minimum Gasteiger partial charge on any atom is -0.478 e. The van der Waals surface area contributed by atoms with Crippen molar-refractivity contribution >= 4 is 44.8 Å². The van der Waals surface area contributed by atoms with E-state index in [-0.39, 0.29) is 6.03 Å². The van der Waals surface area contributed by atoms with Gasteiger partial charge in [-0.15, -0.1) is 11.3 Å². The molecule has 0 unspecified atom stereocenters. The lowest BCUT2D eigenvalue weighted by atomic mass is 10.1. The van der Waals surface area contributed by atoms with Crippen molar-refractivity contribution in [3.8, 4) is 11.9 Å². The highest BCUT2D eigenvalue weighted by Crippen LogP contribution is 2.27. The van der Waals surface area contributed by atoms with Crippen molar-refractivity contribution in [1.29, 1.82) is 5.26 Å². The van der Waals surface area contributed by atoms with Crippen molar-refractivity contribution in [3.63, 3.8) is 0 Å². The van der Waals surface area contributed by atoms with E-state index in [4.69, 9.17) is 4.74 Å². The Labute approximate surface area is 219 Å². The SMILES string of the molecule is CN(C)CCCOc1cc2ncc(C#N)c(NCCc3cnc(NC(=O)Nc4ccccc4)s3)c2cn1. The van der Waals surface area contributed by atoms with Crippen molar-refractivity contribution in [3.05, 3.63) is 65.4 Å². The number of nitrogens with one attached hydrogen (secondary N) is 3. The molecule has 0 bridgehead atoms. The quantitative estimate of drug-likeness (QED) is 0.247. The fourth-order valence-corrected chi connectivity index (χ4v) is 4.36. The van der Waals surface area contributed by atoms with E-state index in [0.29, 0.717) is 53.0 Å². The number of pyridine rings is 2. The molecular weight excluding hydrogens is 488 g/mol. The summed E-state index contributed by atoms with van der Waals surface area (Å²) in [5.74, 6) is 0.510. The molecule has 10 nitrogen and oxygen atoms in total. The number of hydrogen-bond donors (Lipinski definition) is 3. The van der Waals surface area contributed by atoms with Crippen LogP contribution in [0.15, 0.2) is 55.0 Å². The highest BCUT2D eigenvalue weighted by atomic mass is 32.1. The van der Waals surface area contributed by atoms with Crippen LogP contribution in [-0.4, -0.2) is 59.7 Å². The Morgan fingerprint density at radius 1 is 1.11 bits per heavy atom. The first-order valence-electron chi connectivity index (χ1n) is 11.8. The second kappa shape index (κ2) is 12.6. The lowest BCUT2D eigenvalue weighted by Crippen LogP contribution is -2.19. The Kier molecular flexibility index (Phi) is 8.80. The minimum atomic E-state index is -0.347. The van der Waals surface area contributed by atoms with Gasteiger partial charge >= 0.3 is 6.03 Å². The van der Waals surface area contributed by atoms with Crippen molar-refractivity contribution in [1.82, 2.24) is 19.9 Å². The molecule has 0 spiro atoms. The van der Waals surface area contributed by atoms with E-state index in [1.54, 1.807) is 24.7 Å². The van der Waals surface area contributed by atoms with Gasteiger partial charge in [-0.3, -0.25) is 10.3 Å². The summed E-state index contributed by atoms with van der Waals surface area (Å²) in [7, 11) is 4.05. The number of fused-ring (bicyclic) bond motifs is 1. The Morgan fingerprint density at radius 3 is 2.73 bits per heavy atom. The lowest BCUT2D eigenvalue weighted by molar-refractivity contribution is 0.262. The zero-order valence-electron chi connectivity index (χ0n) is 20.7. The molecule has 4 aromatic rings. The molecule has 4 rings (SSSR count). The summed E-state index contributed by atoms with van der Waals surface area (Å²) in [5, 5.41) is 19.7. The van der Waals surface area contributed by atoms with Gasteiger partial charge in [0.1, 0.15) is 6.07 Å². The monoisotopic (exact) mass is 516 g/mol. The lowest BCUT2D eigenvalue weighted by Gasteiger charge is -2.12. The third kappa shape index (κ3) is 7.36. The van der Waals surface area contributed by atoms with E-state index >= 15 is 0 Å². The maximum atomic E-state index is 12.2. The molecule has 0 aliphatic rings. The summed E-state index contributed by atoms with van der Waals surface area (Å²) in [6.07, 6.45) is 6.54. The largest absolute Gasteiger partial charge is 0.478 e. The molecule has 0 saturated heterocycles. The van der Waals surface area contributed by atoms with Gasteiger partial charge in [0.25, 0.3) is 0 Å². The average Bonchev–Trinajstić information content (AvgIpc) is 3.33. The first-order valence-corrected chi connectivity index (χ1v) is 12.6. The van der Waals surface area contributed by atoms with Crippen molar-refractivity contribution in [2.24, 2.45) is 0 Å². The normalized spacial score (nSPS) is 10.8. The van der Waals surface area contributed by atoms with Gasteiger partial charge in [0.2, 0.25) is 5.88 Å². The molecule has 3 aromatic heterocycles. The molecule has 2 amide bonds. The van der Waals surface area contributed by atoms with Gasteiger partial charge < -0.3 is 20.3 Å². The molecular formula is C26H28N8O2S. The first-order chi connectivity index (χ1) is 18.0. The van der Waals surface area contributed by atoms with Gasteiger partial charge in [-0.2, -0.15) is 5.26 Å². The number of nitriles is 1. The molecule has 0 fully saturated rings. The summed E-state index contributed by atoms with van der Waals surface area (Å²) in [6, 6.07) is 12.9. The van der Waals surface area contributed by atoms with E-state index in [1.807, 2.05) is 44.4 Å². The highest BCUT2D eigenvalue weighted by Gasteiger charge is 2.12. The van der Waals surface area contributed by atoms with E-state index in [0.717, 1.165) is 23.2 Å². The molecule has 0 atom stereocenters. The van der Waals surface area contributed by atoms with Crippen LogP contribution in [0.3, 0.4) is 0 Å². The number of anilines is 3. The molecule has 37 heavy (non-hydrogen) atoms. The molecule has 190 valence electrons. The zero-order chi connectivity index (χ0) is 26.0. The fraction of sp³-hybridized carbons (Fsp3) is 0.269. The van der Waals surface area contributed by atoms with Crippen LogP contribution in [0, 0.1) is 11.3 Å². The third-order valence-corrected chi connectivity index (χ3v) is 6.30. The number of benzene rings is 1. The number of amides is 2. The summed E-state index contributed by atoms with van der Waals surface area (Å²) in [6.45, 7) is 2.07. The van der Waals surface area contributed by atoms with E-state index < -0.39 is 0 Å². The third-order valence-electron chi connectivity index (χ3n) is 5.33. The Bertz CT molecular complexity index is 1380. The molecule has 3 N–H and O–H groups in total. The summed E-state index contributed by atoms with van der Waals surface area (Å²) < 4.78 is 5.76. The fourth-order valence-electron chi connectivity index (χ4n) is 3.55. The number of ether oxygens (including phenoxy) is 1. The summed E-state index contributed by atoms with van der Waals surface area (Å²) in [5.41, 5.74) is 2.53. The van der Waals surface area contributed by atoms with Crippen LogP contribution >= 0.6 is 11.3 Å². The molecule has 1 aromatic carbocycles. The number of aromatic nitrogens is 3. The Hall–Kier alpha value is -4.27. The molecule has 0 aliphatic heterocycles. The van der Waals surface area contributed by atoms with Crippen LogP contribution in [-0.2, 0) is 6.42 Å². The van der Waals surface area contributed by atoms with Gasteiger partial charge in [0.05, 0.1) is 23.4 Å². The average molecular weight is 517 g/mol. The van der Waals surface area contributed by atoms with Crippen LogP contribution in [0.5, 0.6) is 5.88 Å². The van der Waals surface area contributed by atoms with Crippen LogP contribution in [0.1, 0.15) is 16.9 Å². The van der Waals surface area contributed by atoms with Gasteiger partial charge in [-0.05, 0) is 32.6 Å². The topological polar surface area (TPSA) is 128 Å². The number of urea groups is 1. The maximum Gasteiger partial charge on any atom is 0.325 e. The predicted octanol–water partition coefficient (Wildman–Crippen LogP) is 4.59. The molecule has 0 saturated carbocycles. The smallest absolute Gasteiger partial charge is 0.325 e. The van der Waals surface area contributed by atoms with Gasteiger partial charge in [0.15, 0.2) is 5.13 Å². The predicted molar refractivity (Wildman–Crippen MR) is 146 cm³/mol. The number of carbonyl (C=O) groups excluding carboxylic acids is 1. The van der Waals surface area contributed by atoms with E-state index in [9.17, 15) is 10.1 Å². The molecule has 3 heterocycles. The van der Waals surface area contributed by atoms with E-state index in [2.05, 4.69) is 41.9 Å². The first kappa shape index (κ1) is 25.8. The van der Waals surface area contributed by atoms with Crippen LogP contribution in [0.25, 0.3) is 10.9 Å². The van der Waals surface area contributed by atoms with Crippen LogP contribution in [0.2, 0.25) is 0 Å².